The molecular formula is C15H23N5OS. The smallest absolute Gasteiger partial charge is 0.234 e. The minimum atomic E-state index is 0.277. The topological polar surface area (TPSA) is 63.4 Å². The molecule has 1 saturated heterocycles. The van der Waals surface area contributed by atoms with Crippen molar-refractivity contribution in [2.45, 2.75) is 52.4 Å². The van der Waals surface area contributed by atoms with Crippen LogP contribution in [-0.2, 0) is 11.2 Å². The molecule has 2 aromatic heterocycles. The molecule has 0 spiro atoms. The van der Waals surface area contributed by atoms with Crippen LogP contribution in [0.2, 0.25) is 0 Å². The van der Waals surface area contributed by atoms with Crippen molar-refractivity contribution in [3.05, 3.63) is 10.8 Å². The van der Waals surface area contributed by atoms with Gasteiger partial charge in [0.2, 0.25) is 10.9 Å². The fourth-order valence-corrected chi connectivity index (χ4v) is 3.93. The third-order valence-electron chi connectivity index (χ3n) is 3.98. The van der Waals surface area contributed by atoms with E-state index in [0.29, 0.717) is 18.3 Å². The fraction of sp³-hybridized carbons (Fsp3) is 0.733. The summed E-state index contributed by atoms with van der Waals surface area (Å²) in [5, 5.41) is 14.2. The largest absolute Gasteiger partial charge is 0.342 e. The Hall–Kier alpha value is -1.50. The molecule has 7 heteroatoms. The zero-order chi connectivity index (χ0) is 15.7. The Morgan fingerprint density at radius 1 is 1.36 bits per heavy atom. The average molecular weight is 321 g/mol. The van der Waals surface area contributed by atoms with Gasteiger partial charge in [-0.05, 0) is 18.8 Å². The quantitative estimate of drug-likeness (QED) is 0.849. The Kier molecular flexibility index (Phi) is 4.42. The number of likely N-dealkylation sites (tertiary alicyclic amines) is 1. The van der Waals surface area contributed by atoms with Crippen molar-refractivity contribution in [2.24, 2.45) is 5.92 Å². The molecule has 22 heavy (non-hydrogen) atoms. The van der Waals surface area contributed by atoms with Gasteiger partial charge in [-0.3, -0.25) is 4.79 Å². The molecule has 0 saturated carbocycles. The number of rotatable bonds is 5. The van der Waals surface area contributed by atoms with Crippen LogP contribution in [0.3, 0.4) is 0 Å². The summed E-state index contributed by atoms with van der Waals surface area (Å²) in [6.45, 7) is 8.05. The molecular weight excluding hydrogens is 298 g/mol. The van der Waals surface area contributed by atoms with E-state index in [1.807, 2.05) is 9.42 Å². The number of piperidine rings is 1. The highest BCUT2D eigenvalue weighted by atomic mass is 32.1. The molecule has 1 fully saturated rings. The second kappa shape index (κ2) is 6.32. The highest BCUT2D eigenvalue weighted by Crippen LogP contribution is 2.31. The van der Waals surface area contributed by atoms with Crippen molar-refractivity contribution >= 4 is 22.2 Å². The molecule has 0 radical (unpaired) electrons. The number of aromatic nitrogens is 4. The molecule has 2 aromatic rings. The van der Waals surface area contributed by atoms with E-state index in [0.717, 1.165) is 48.1 Å². The molecule has 1 aliphatic rings. The number of hydrogen-bond donors (Lipinski definition) is 0. The van der Waals surface area contributed by atoms with Crippen LogP contribution in [0.1, 0.15) is 56.8 Å². The van der Waals surface area contributed by atoms with Gasteiger partial charge in [0.15, 0.2) is 5.82 Å². The number of aryl methyl sites for hydroxylation is 1. The molecule has 1 amide bonds. The Labute approximate surface area is 134 Å². The third kappa shape index (κ3) is 2.99. The molecule has 0 bridgehead atoms. The maximum Gasteiger partial charge on any atom is 0.234 e. The normalized spacial score (nSPS) is 19.5. The zero-order valence-electron chi connectivity index (χ0n) is 13.4. The van der Waals surface area contributed by atoms with Gasteiger partial charge in [0.1, 0.15) is 5.01 Å². The van der Waals surface area contributed by atoms with Crippen LogP contribution in [0, 0.1) is 5.92 Å². The monoisotopic (exact) mass is 321 g/mol. The van der Waals surface area contributed by atoms with Crippen LogP contribution in [0.5, 0.6) is 0 Å². The molecule has 0 aromatic carbocycles. The van der Waals surface area contributed by atoms with Gasteiger partial charge in [-0.25, -0.2) is 0 Å². The predicted octanol–water partition coefficient (Wildman–Crippen LogP) is 2.50. The van der Waals surface area contributed by atoms with Crippen molar-refractivity contribution < 1.29 is 4.79 Å². The van der Waals surface area contributed by atoms with Gasteiger partial charge >= 0.3 is 0 Å². The van der Waals surface area contributed by atoms with Crippen molar-refractivity contribution in [2.75, 3.05) is 13.1 Å². The van der Waals surface area contributed by atoms with E-state index < -0.39 is 0 Å². The summed E-state index contributed by atoms with van der Waals surface area (Å²) in [4.78, 5) is 14.9. The number of carbonyl (C=O) groups is 1. The van der Waals surface area contributed by atoms with Gasteiger partial charge in [0, 0.05) is 31.8 Å². The van der Waals surface area contributed by atoms with E-state index in [1.54, 1.807) is 11.3 Å². The molecule has 120 valence electrons. The summed E-state index contributed by atoms with van der Waals surface area (Å²) in [6.07, 6.45) is 3.45. The van der Waals surface area contributed by atoms with E-state index in [-0.39, 0.29) is 5.91 Å². The molecule has 3 heterocycles. The second-order valence-corrected chi connectivity index (χ2v) is 7.42. The third-order valence-corrected chi connectivity index (χ3v) is 5.04. The summed E-state index contributed by atoms with van der Waals surface area (Å²) in [5.41, 5.74) is 0. The van der Waals surface area contributed by atoms with Crippen LogP contribution >= 0.6 is 11.3 Å². The molecule has 0 aliphatic carbocycles. The van der Waals surface area contributed by atoms with Gasteiger partial charge in [0.25, 0.3) is 0 Å². The van der Waals surface area contributed by atoms with Gasteiger partial charge in [-0.1, -0.05) is 32.1 Å². The van der Waals surface area contributed by atoms with Crippen LogP contribution in [-0.4, -0.2) is 43.7 Å². The maximum absolute atomic E-state index is 12.0. The first-order chi connectivity index (χ1) is 10.6. The first-order valence-corrected chi connectivity index (χ1v) is 8.89. The molecule has 0 unspecified atom stereocenters. The summed E-state index contributed by atoms with van der Waals surface area (Å²) >= 11 is 1.61. The molecule has 1 atom stereocenters. The van der Waals surface area contributed by atoms with Gasteiger partial charge < -0.3 is 4.90 Å². The summed E-state index contributed by atoms with van der Waals surface area (Å²) < 4.78 is 1.88. The lowest BCUT2D eigenvalue weighted by Gasteiger charge is -2.32. The standard InChI is InChI=1S/C15H23N5OS/c1-4-5-12-16-17-15-20(12)18-14(22-15)11-6-7-13(21)19(9-11)8-10(2)3/h10-11H,4-9H2,1-3H3/t11-/m1/s1. The van der Waals surface area contributed by atoms with E-state index in [9.17, 15) is 4.79 Å². The number of amides is 1. The number of fused-ring (bicyclic) bond motifs is 1. The van der Waals surface area contributed by atoms with Crippen LogP contribution in [0.15, 0.2) is 0 Å². The van der Waals surface area contributed by atoms with Gasteiger partial charge in [-0.15, -0.1) is 10.2 Å². The number of hydrogen-bond acceptors (Lipinski definition) is 5. The van der Waals surface area contributed by atoms with E-state index in [1.165, 1.54) is 0 Å². The number of carbonyl (C=O) groups excluding carboxylic acids is 1. The maximum atomic E-state index is 12.0. The Balaban J connectivity index is 1.80. The highest BCUT2D eigenvalue weighted by molar-refractivity contribution is 7.16. The van der Waals surface area contributed by atoms with Crippen molar-refractivity contribution in [1.82, 2.24) is 24.7 Å². The Morgan fingerprint density at radius 3 is 2.91 bits per heavy atom. The SMILES string of the molecule is CCCc1nnc2sc([C@@H]3CCC(=O)N(CC(C)C)C3)nn12. The average Bonchev–Trinajstić information content (AvgIpc) is 3.03. The Morgan fingerprint density at radius 2 is 2.18 bits per heavy atom. The van der Waals surface area contributed by atoms with Crippen LogP contribution < -0.4 is 0 Å². The highest BCUT2D eigenvalue weighted by Gasteiger charge is 2.29. The van der Waals surface area contributed by atoms with Crippen molar-refractivity contribution in [3.63, 3.8) is 0 Å². The molecule has 1 aliphatic heterocycles. The Bertz CT molecular complexity index is 662. The minimum Gasteiger partial charge on any atom is -0.342 e. The van der Waals surface area contributed by atoms with Crippen molar-refractivity contribution in [3.8, 4) is 0 Å². The lowest BCUT2D eigenvalue weighted by Crippen LogP contribution is -2.41. The zero-order valence-corrected chi connectivity index (χ0v) is 14.3. The summed E-state index contributed by atoms with van der Waals surface area (Å²) in [6, 6.07) is 0. The van der Waals surface area contributed by atoms with Gasteiger partial charge in [0.05, 0.1) is 0 Å². The van der Waals surface area contributed by atoms with E-state index in [4.69, 9.17) is 5.10 Å². The first-order valence-electron chi connectivity index (χ1n) is 8.07. The van der Waals surface area contributed by atoms with E-state index in [2.05, 4.69) is 31.0 Å². The predicted molar refractivity (Wildman–Crippen MR) is 86.0 cm³/mol. The molecule has 6 nitrogen and oxygen atoms in total. The lowest BCUT2D eigenvalue weighted by molar-refractivity contribution is -0.134. The lowest BCUT2D eigenvalue weighted by atomic mass is 9.97. The van der Waals surface area contributed by atoms with Gasteiger partial charge in [-0.2, -0.15) is 9.61 Å². The summed E-state index contributed by atoms with van der Waals surface area (Å²) in [7, 11) is 0. The fourth-order valence-electron chi connectivity index (χ4n) is 2.95. The van der Waals surface area contributed by atoms with Crippen LogP contribution in [0.25, 0.3) is 4.96 Å². The van der Waals surface area contributed by atoms with Crippen molar-refractivity contribution in [1.29, 1.82) is 0 Å². The van der Waals surface area contributed by atoms with E-state index >= 15 is 0 Å². The number of nitrogens with zero attached hydrogens (tertiary/aromatic N) is 5. The second-order valence-electron chi connectivity index (χ2n) is 6.43. The van der Waals surface area contributed by atoms with Crippen LogP contribution in [0.4, 0.5) is 0 Å². The minimum absolute atomic E-state index is 0.277. The molecule has 3 rings (SSSR count). The first kappa shape index (κ1) is 15.4. The molecule has 0 N–H and O–H groups in total. The summed E-state index contributed by atoms with van der Waals surface area (Å²) in [5.74, 6) is 2.04.